The molecule has 0 aromatic heterocycles. The maximum Gasteiger partial charge on any atom is 0.311 e. The van der Waals surface area contributed by atoms with Crippen LogP contribution in [0.15, 0.2) is 18.2 Å². The van der Waals surface area contributed by atoms with Gasteiger partial charge in [-0.2, -0.15) is 0 Å². The molecule has 1 aromatic rings. The molecule has 0 saturated heterocycles. The van der Waals surface area contributed by atoms with Crippen LogP contribution in [-0.2, 0) is 9.59 Å². The van der Waals surface area contributed by atoms with Crippen molar-refractivity contribution in [2.45, 2.75) is 39.5 Å². The van der Waals surface area contributed by atoms with Gasteiger partial charge in [-0.15, -0.1) is 0 Å². The maximum atomic E-state index is 11.7. The highest BCUT2D eigenvalue weighted by atomic mass is 16.4. The Labute approximate surface area is 113 Å². The van der Waals surface area contributed by atoms with E-state index in [2.05, 4.69) is 5.32 Å². The molecule has 0 radical (unpaired) electrons. The molecule has 4 heteroatoms. The van der Waals surface area contributed by atoms with Crippen molar-refractivity contribution >= 4 is 11.9 Å². The topological polar surface area (TPSA) is 66.4 Å². The molecule has 0 fully saturated rings. The summed E-state index contributed by atoms with van der Waals surface area (Å²) >= 11 is 0. The van der Waals surface area contributed by atoms with Gasteiger partial charge in [0.1, 0.15) is 0 Å². The summed E-state index contributed by atoms with van der Waals surface area (Å²) in [5, 5.41) is 12.1. The minimum atomic E-state index is -0.958. The van der Waals surface area contributed by atoms with Crippen LogP contribution in [0, 0.1) is 13.8 Å². The van der Waals surface area contributed by atoms with Gasteiger partial charge in [0.25, 0.3) is 0 Å². The second-order valence-electron chi connectivity index (χ2n) is 4.80. The fourth-order valence-corrected chi connectivity index (χ4v) is 1.99. The van der Waals surface area contributed by atoms with Crippen molar-refractivity contribution in [3.63, 3.8) is 0 Å². The Balaban J connectivity index is 2.91. The van der Waals surface area contributed by atoms with E-state index < -0.39 is 11.9 Å². The summed E-state index contributed by atoms with van der Waals surface area (Å²) in [6, 6.07) is 5.68. The molecule has 0 heterocycles. The first kappa shape index (κ1) is 15.2. The van der Waals surface area contributed by atoms with E-state index in [0.717, 1.165) is 23.1 Å². The number of carbonyl (C=O) groups excluding carboxylic acids is 1. The Morgan fingerprint density at radius 1 is 1.32 bits per heavy atom. The lowest BCUT2D eigenvalue weighted by Gasteiger charge is -2.16. The largest absolute Gasteiger partial charge is 0.481 e. The van der Waals surface area contributed by atoms with E-state index in [9.17, 15) is 14.7 Å². The molecule has 0 saturated carbocycles. The van der Waals surface area contributed by atoms with Gasteiger partial charge in [0.15, 0.2) is 0 Å². The first-order valence-electron chi connectivity index (χ1n) is 6.52. The van der Waals surface area contributed by atoms with E-state index in [-0.39, 0.29) is 12.3 Å². The number of carboxylic acids is 1. The van der Waals surface area contributed by atoms with Crippen molar-refractivity contribution in [2.75, 3.05) is 6.54 Å². The van der Waals surface area contributed by atoms with Gasteiger partial charge in [-0.3, -0.25) is 9.59 Å². The van der Waals surface area contributed by atoms with E-state index in [4.69, 9.17) is 0 Å². The summed E-state index contributed by atoms with van der Waals surface area (Å²) in [5.41, 5.74) is 2.63. The molecule has 0 spiro atoms. The van der Waals surface area contributed by atoms with Crippen LogP contribution in [-0.4, -0.2) is 23.5 Å². The van der Waals surface area contributed by atoms with Crippen molar-refractivity contribution in [2.24, 2.45) is 0 Å². The van der Waals surface area contributed by atoms with E-state index in [0.29, 0.717) is 6.54 Å². The highest BCUT2D eigenvalue weighted by Crippen LogP contribution is 2.24. The van der Waals surface area contributed by atoms with Crippen molar-refractivity contribution in [1.82, 2.24) is 5.32 Å². The van der Waals surface area contributed by atoms with Crippen molar-refractivity contribution in [3.8, 4) is 0 Å². The third kappa shape index (κ3) is 4.39. The number of benzene rings is 1. The molecule has 4 nitrogen and oxygen atoms in total. The summed E-state index contributed by atoms with van der Waals surface area (Å²) in [6.07, 6.45) is 0.826. The standard InChI is InChI=1S/C15H21NO3/c1-4-7-16-14(17)9-13(15(18)19)12-8-10(2)5-6-11(12)3/h5-6,8,13H,4,7,9H2,1-3H3,(H,16,17)(H,18,19). The third-order valence-electron chi connectivity index (χ3n) is 3.07. The normalized spacial score (nSPS) is 11.9. The number of rotatable bonds is 6. The van der Waals surface area contributed by atoms with E-state index in [1.807, 2.05) is 39.0 Å². The molecule has 0 aliphatic rings. The molecule has 1 aromatic carbocycles. The minimum absolute atomic E-state index is 0.0143. The average Bonchev–Trinajstić information content (AvgIpc) is 2.36. The molecule has 19 heavy (non-hydrogen) atoms. The Kier molecular flexibility index (Phi) is 5.55. The van der Waals surface area contributed by atoms with E-state index in [1.165, 1.54) is 0 Å². The van der Waals surface area contributed by atoms with Crippen molar-refractivity contribution in [3.05, 3.63) is 34.9 Å². The zero-order valence-electron chi connectivity index (χ0n) is 11.7. The molecule has 104 valence electrons. The molecule has 2 N–H and O–H groups in total. The molecule has 1 unspecified atom stereocenters. The van der Waals surface area contributed by atoms with Crippen LogP contribution in [0.1, 0.15) is 42.4 Å². The number of aliphatic carboxylic acids is 1. The van der Waals surface area contributed by atoms with Gasteiger partial charge in [-0.25, -0.2) is 0 Å². The second-order valence-corrected chi connectivity index (χ2v) is 4.80. The SMILES string of the molecule is CCCNC(=O)CC(C(=O)O)c1cc(C)ccc1C. The molecule has 0 aliphatic heterocycles. The van der Waals surface area contributed by atoms with E-state index >= 15 is 0 Å². The van der Waals surface area contributed by atoms with E-state index in [1.54, 1.807) is 0 Å². The predicted octanol–water partition coefficient (Wildman–Crippen LogP) is 2.39. The first-order chi connectivity index (χ1) is 8.95. The summed E-state index contributed by atoms with van der Waals surface area (Å²) in [6.45, 7) is 6.32. The fraction of sp³-hybridized carbons (Fsp3) is 0.467. The lowest BCUT2D eigenvalue weighted by Crippen LogP contribution is -2.28. The quantitative estimate of drug-likeness (QED) is 0.828. The van der Waals surface area contributed by atoms with Crippen LogP contribution >= 0.6 is 0 Å². The minimum Gasteiger partial charge on any atom is -0.481 e. The van der Waals surface area contributed by atoms with Crippen LogP contribution in [0.5, 0.6) is 0 Å². The molecule has 1 atom stereocenters. The average molecular weight is 263 g/mol. The molecular weight excluding hydrogens is 242 g/mol. The van der Waals surface area contributed by atoms with Gasteiger partial charge in [-0.05, 0) is 31.4 Å². The van der Waals surface area contributed by atoms with Gasteiger partial charge in [0, 0.05) is 13.0 Å². The van der Waals surface area contributed by atoms with Crippen LogP contribution in [0.4, 0.5) is 0 Å². The molecule has 1 amide bonds. The number of carbonyl (C=O) groups is 2. The number of hydrogen-bond acceptors (Lipinski definition) is 2. The highest BCUT2D eigenvalue weighted by molar-refractivity contribution is 5.86. The van der Waals surface area contributed by atoms with Gasteiger partial charge in [0.2, 0.25) is 5.91 Å². The Morgan fingerprint density at radius 2 is 2.00 bits per heavy atom. The smallest absolute Gasteiger partial charge is 0.311 e. The fourth-order valence-electron chi connectivity index (χ4n) is 1.99. The van der Waals surface area contributed by atoms with Crippen molar-refractivity contribution in [1.29, 1.82) is 0 Å². The maximum absolute atomic E-state index is 11.7. The molecule has 1 rings (SSSR count). The summed E-state index contributed by atoms with van der Waals surface area (Å²) in [5.74, 6) is -1.95. The number of carboxylic acid groups (broad SMARTS) is 1. The van der Waals surface area contributed by atoms with Crippen LogP contribution < -0.4 is 5.32 Å². The first-order valence-corrected chi connectivity index (χ1v) is 6.52. The lowest BCUT2D eigenvalue weighted by molar-refractivity contribution is -0.140. The zero-order valence-corrected chi connectivity index (χ0v) is 11.7. The zero-order chi connectivity index (χ0) is 14.4. The summed E-state index contributed by atoms with van der Waals surface area (Å²) in [7, 11) is 0. The Hall–Kier alpha value is -1.84. The summed E-state index contributed by atoms with van der Waals surface area (Å²) < 4.78 is 0. The second kappa shape index (κ2) is 6.92. The van der Waals surface area contributed by atoms with Crippen LogP contribution in [0.2, 0.25) is 0 Å². The Morgan fingerprint density at radius 3 is 2.58 bits per heavy atom. The number of amides is 1. The third-order valence-corrected chi connectivity index (χ3v) is 3.07. The number of nitrogens with one attached hydrogen (secondary N) is 1. The summed E-state index contributed by atoms with van der Waals surface area (Å²) in [4.78, 5) is 23.1. The number of aryl methyl sites for hydroxylation is 2. The van der Waals surface area contributed by atoms with Gasteiger partial charge in [-0.1, -0.05) is 30.7 Å². The highest BCUT2D eigenvalue weighted by Gasteiger charge is 2.24. The van der Waals surface area contributed by atoms with Gasteiger partial charge < -0.3 is 10.4 Å². The van der Waals surface area contributed by atoms with Crippen LogP contribution in [0.3, 0.4) is 0 Å². The van der Waals surface area contributed by atoms with Gasteiger partial charge in [0.05, 0.1) is 5.92 Å². The number of hydrogen-bond donors (Lipinski definition) is 2. The monoisotopic (exact) mass is 263 g/mol. The lowest BCUT2D eigenvalue weighted by atomic mass is 9.90. The molecule has 0 aliphatic carbocycles. The Bertz CT molecular complexity index is 468. The molecular formula is C15H21NO3. The predicted molar refractivity (Wildman–Crippen MR) is 74.2 cm³/mol. The van der Waals surface area contributed by atoms with Crippen molar-refractivity contribution < 1.29 is 14.7 Å². The van der Waals surface area contributed by atoms with Gasteiger partial charge >= 0.3 is 5.97 Å². The molecule has 0 bridgehead atoms. The van der Waals surface area contributed by atoms with Crippen LogP contribution in [0.25, 0.3) is 0 Å².